The van der Waals surface area contributed by atoms with Crippen LogP contribution in [0, 0.1) is 0 Å². The molecule has 3 heterocycles. The molecule has 0 fully saturated rings. The van der Waals surface area contributed by atoms with Crippen molar-refractivity contribution in [1.82, 2.24) is 24.5 Å². The van der Waals surface area contributed by atoms with Gasteiger partial charge in [-0.2, -0.15) is 0 Å². The third kappa shape index (κ3) is 11.9. The smallest absolute Gasteiger partial charge is 0.162 e. The maximum atomic E-state index is 7.40. The van der Waals surface area contributed by atoms with Gasteiger partial charge in [0.2, 0.25) is 0 Å². The molecule has 0 spiro atoms. The predicted octanol–water partition coefficient (Wildman–Crippen LogP) is 19.4. The van der Waals surface area contributed by atoms with E-state index in [2.05, 4.69) is 291 Å². The lowest BCUT2D eigenvalue weighted by Crippen LogP contribution is -2.52. The molecule has 0 saturated carbocycles. The van der Waals surface area contributed by atoms with Crippen LogP contribution in [-0.4, -0.2) is 40.7 Å². The van der Waals surface area contributed by atoms with Gasteiger partial charge in [-0.15, -0.1) is 0 Å². The SMILES string of the molecule is CC(C)c1cc(-c2ccccc2)cc(C(C)C)c1N1c2ccccc2NC1c1cc(Oc2cc(-c3nc4ccccc4n3-c3c(C(C)C)cc(-c4nc([Si](C)(C)C)nc([Si](C)(C)C)n4)cc3C(C)C)cc(C(C)(C)C)c2)cc(C(C)(C)C)c1. The van der Waals surface area contributed by atoms with E-state index in [4.69, 9.17) is 24.7 Å². The van der Waals surface area contributed by atoms with Crippen molar-refractivity contribution >= 4 is 55.1 Å². The van der Waals surface area contributed by atoms with Crippen LogP contribution in [0.4, 0.5) is 17.1 Å². The Balaban J connectivity index is 1.15. The monoisotopic (exact) mass is 1140 g/mol. The van der Waals surface area contributed by atoms with Crippen LogP contribution in [0.1, 0.15) is 166 Å². The Labute approximate surface area is 498 Å². The number of hydrogen-bond acceptors (Lipinski definition) is 7. The molecule has 8 nitrogen and oxygen atoms in total. The highest BCUT2D eigenvalue weighted by atomic mass is 28.3. The zero-order valence-electron chi connectivity index (χ0n) is 53.3. The lowest BCUT2D eigenvalue weighted by Gasteiger charge is -2.34. The van der Waals surface area contributed by atoms with Crippen molar-refractivity contribution in [2.24, 2.45) is 0 Å². The number of rotatable bonds is 14. The molecule has 1 aliphatic rings. The molecular formula is C73H89N7OSi2. The summed E-state index contributed by atoms with van der Waals surface area (Å²) in [4.78, 5) is 23.9. The molecule has 9 aromatic rings. The molecule has 0 amide bonds. The summed E-state index contributed by atoms with van der Waals surface area (Å²) in [7, 11) is -3.79. The first-order chi connectivity index (χ1) is 39.0. The number of benzene rings is 7. The maximum absolute atomic E-state index is 7.40. The molecule has 7 aromatic carbocycles. The third-order valence-electron chi connectivity index (χ3n) is 16.3. The summed E-state index contributed by atoms with van der Waals surface area (Å²) in [5.41, 5.74) is 21.3. The molecule has 1 unspecified atom stereocenters. The van der Waals surface area contributed by atoms with Gasteiger partial charge in [-0.05, 0) is 163 Å². The molecule has 10 heteroatoms. The average Bonchev–Trinajstić information content (AvgIpc) is 3.87. The van der Waals surface area contributed by atoms with Crippen LogP contribution >= 0.6 is 0 Å². The Kier molecular flexibility index (Phi) is 15.7. The third-order valence-corrected chi connectivity index (χ3v) is 19.4. The first-order valence-electron chi connectivity index (χ1n) is 30.3. The Bertz CT molecular complexity index is 3790. The maximum Gasteiger partial charge on any atom is 0.162 e. The van der Waals surface area contributed by atoms with Crippen molar-refractivity contribution in [2.45, 2.75) is 177 Å². The molecule has 1 atom stereocenters. The highest BCUT2D eigenvalue weighted by molar-refractivity contribution is 6.89. The summed E-state index contributed by atoms with van der Waals surface area (Å²) in [6.07, 6.45) is -0.224. The van der Waals surface area contributed by atoms with Crippen molar-refractivity contribution in [3.63, 3.8) is 0 Å². The van der Waals surface area contributed by atoms with Crippen molar-refractivity contribution < 1.29 is 4.74 Å². The van der Waals surface area contributed by atoms with Gasteiger partial charge < -0.3 is 15.0 Å². The number of imidazole rings is 1. The van der Waals surface area contributed by atoms with E-state index in [0.717, 1.165) is 84.4 Å². The summed E-state index contributed by atoms with van der Waals surface area (Å²) in [6.45, 7) is 46.3. The first-order valence-corrected chi connectivity index (χ1v) is 37.3. The average molecular weight is 1140 g/mol. The Morgan fingerprint density at radius 1 is 0.470 bits per heavy atom. The lowest BCUT2D eigenvalue weighted by atomic mass is 9.85. The number of fused-ring (bicyclic) bond motifs is 2. The fourth-order valence-corrected chi connectivity index (χ4v) is 13.3. The van der Waals surface area contributed by atoms with Gasteiger partial charge in [0.25, 0.3) is 0 Å². The van der Waals surface area contributed by atoms with Crippen LogP contribution < -0.4 is 25.8 Å². The fourth-order valence-electron chi connectivity index (χ4n) is 11.5. The molecule has 0 saturated heterocycles. The van der Waals surface area contributed by atoms with Crippen LogP contribution in [0.5, 0.6) is 11.5 Å². The topological polar surface area (TPSA) is 81.0 Å². The second-order valence-corrected chi connectivity index (χ2v) is 38.5. The van der Waals surface area contributed by atoms with E-state index in [1.165, 1.54) is 44.6 Å². The molecule has 1 aliphatic heterocycles. The number of ether oxygens (including phenoxy) is 1. The van der Waals surface area contributed by atoms with Gasteiger partial charge in [0.15, 0.2) is 5.82 Å². The second-order valence-electron chi connectivity index (χ2n) is 28.6. The number of para-hydroxylation sites is 4. The molecule has 10 rings (SSSR count). The predicted molar refractivity (Wildman–Crippen MR) is 358 cm³/mol. The van der Waals surface area contributed by atoms with Crippen molar-refractivity contribution in [3.05, 3.63) is 178 Å². The van der Waals surface area contributed by atoms with E-state index >= 15 is 0 Å². The molecular weight excluding hydrogens is 1050 g/mol. The van der Waals surface area contributed by atoms with E-state index in [1.807, 2.05) is 0 Å². The molecule has 83 heavy (non-hydrogen) atoms. The molecule has 430 valence electrons. The standard InChI is InChI=1S/C73H89N7OSi2/c1-44(2)57-38-49(48-28-22-21-23-29-48)39-58(45(3)4)65(57)79-63-32-26-24-30-61(63)74-68(79)51-34-53(72(9,10)11)42-55(36-51)81-56-37-52(35-54(43-56)73(12,13)14)69-75-62-31-25-27-33-64(62)80(69)66-59(46(5)6)40-50(41-60(66)47(7)8)67-76-70(82(15,16)17)78-71(77-67)83(18,19)20/h21-47,68,74H,1-20H3. The van der Waals surface area contributed by atoms with Gasteiger partial charge in [0.1, 0.15) is 50.5 Å². The number of hydrogen-bond donors (Lipinski definition) is 1. The van der Waals surface area contributed by atoms with E-state index in [9.17, 15) is 0 Å². The van der Waals surface area contributed by atoms with E-state index in [1.54, 1.807) is 0 Å². The normalized spacial score (nSPS) is 14.2. The van der Waals surface area contributed by atoms with Crippen LogP contribution in [0.2, 0.25) is 39.3 Å². The zero-order chi connectivity index (χ0) is 59.8. The Morgan fingerprint density at radius 2 is 0.964 bits per heavy atom. The van der Waals surface area contributed by atoms with E-state index in [-0.39, 0.29) is 40.7 Å². The van der Waals surface area contributed by atoms with Gasteiger partial charge >= 0.3 is 0 Å². The Hall–Kier alpha value is -7.15. The molecule has 2 aromatic heterocycles. The van der Waals surface area contributed by atoms with Crippen molar-refractivity contribution in [3.8, 4) is 51.1 Å². The van der Waals surface area contributed by atoms with Crippen molar-refractivity contribution in [2.75, 3.05) is 10.2 Å². The summed E-state index contributed by atoms with van der Waals surface area (Å²) >= 11 is 0. The highest BCUT2D eigenvalue weighted by Crippen LogP contribution is 2.52. The van der Waals surface area contributed by atoms with Gasteiger partial charge in [-0.3, -0.25) is 4.57 Å². The van der Waals surface area contributed by atoms with E-state index in [0.29, 0.717) is 0 Å². The van der Waals surface area contributed by atoms with Gasteiger partial charge in [-0.1, -0.05) is 197 Å². The summed E-state index contributed by atoms with van der Waals surface area (Å²) in [5.74, 6) is 4.05. The Morgan fingerprint density at radius 3 is 1.52 bits per heavy atom. The quantitative estimate of drug-likeness (QED) is 0.109. The minimum atomic E-state index is -1.89. The highest BCUT2D eigenvalue weighted by Gasteiger charge is 2.37. The van der Waals surface area contributed by atoms with Crippen LogP contribution in [-0.2, 0) is 10.8 Å². The van der Waals surface area contributed by atoms with Crippen LogP contribution in [0.25, 0.3) is 50.6 Å². The largest absolute Gasteiger partial charge is 0.457 e. The van der Waals surface area contributed by atoms with Crippen LogP contribution in [0.15, 0.2) is 140 Å². The number of aromatic nitrogens is 5. The van der Waals surface area contributed by atoms with E-state index < -0.39 is 16.1 Å². The van der Waals surface area contributed by atoms with Gasteiger partial charge in [-0.25, -0.2) is 19.9 Å². The minimum absolute atomic E-state index is 0.163. The second kappa shape index (κ2) is 22.1. The molecule has 0 bridgehead atoms. The fraction of sp³-hybridized carbons (Fsp3) is 0.370. The molecule has 0 aliphatic carbocycles. The summed E-state index contributed by atoms with van der Waals surface area (Å²) < 4.78 is 9.83. The minimum Gasteiger partial charge on any atom is -0.457 e. The van der Waals surface area contributed by atoms with Gasteiger partial charge in [0, 0.05) is 11.1 Å². The zero-order valence-corrected chi connectivity index (χ0v) is 55.3. The molecule has 0 radical (unpaired) electrons. The number of anilines is 3. The first kappa shape index (κ1) is 59.0. The number of nitrogens with zero attached hydrogens (tertiary/aromatic N) is 6. The van der Waals surface area contributed by atoms with Crippen LogP contribution in [0.3, 0.4) is 0 Å². The number of nitrogens with one attached hydrogen (secondary N) is 1. The lowest BCUT2D eigenvalue weighted by molar-refractivity contribution is 0.473. The van der Waals surface area contributed by atoms with Gasteiger partial charge in [0.05, 0.1) is 33.8 Å². The summed E-state index contributed by atoms with van der Waals surface area (Å²) in [6, 6.07) is 51.5. The summed E-state index contributed by atoms with van der Waals surface area (Å²) in [5, 5.41) is 4.05. The van der Waals surface area contributed by atoms with Crippen molar-refractivity contribution in [1.29, 1.82) is 0 Å². The molecule has 1 N–H and O–H groups in total.